The van der Waals surface area contributed by atoms with Gasteiger partial charge in [0.15, 0.2) is 0 Å². The summed E-state index contributed by atoms with van der Waals surface area (Å²) in [5, 5.41) is 12.3. The van der Waals surface area contributed by atoms with Crippen molar-refractivity contribution in [1.29, 1.82) is 0 Å². The number of rotatable bonds is 6. The lowest BCUT2D eigenvalue weighted by molar-refractivity contribution is 0.0695. The van der Waals surface area contributed by atoms with Crippen LogP contribution in [0.5, 0.6) is 0 Å². The number of benzene rings is 2. The minimum Gasteiger partial charge on any atom is -0.478 e. The topological polar surface area (TPSA) is 92.4 Å². The van der Waals surface area contributed by atoms with E-state index in [0.717, 1.165) is 11.3 Å². The molecule has 21 heavy (non-hydrogen) atoms. The molecule has 0 unspecified atom stereocenters. The first kappa shape index (κ1) is 14.6. The Morgan fingerprint density at radius 2 is 1.71 bits per heavy atom. The van der Waals surface area contributed by atoms with Crippen LogP contribution in [0.2, 0.25) is 0 Å². The molecule has 2 aromatic carbocycles. The first-order chi connectivity index (χ1) is 10.1. The van der Waals surface area contributed by atoms with Gasteiger partial charge in [0.25, 0.3) is 0 Å². The van der Waals surface area contributed by atoms with Crippen LogP contribution in [0.25, 0.3) is 0 Å². The molecule has 0 aromatic heterocycles. The summed E-state index contributed by atoms with van der Waals surface area (Å²) < 4.78 is 0. The Balaban J connectivity index is 1.95. The zero-order valence-electron chi connectivity index (χ0n) is 11.4. The average Bonchev–Trinajstić information content (AvgIpc) is 2.48. The molecule has 2 aromatic rings. The van der Waals surface area contributed by atoms with Gasteiger partial charge in [-0.15, -0.1) is 0 Å². The van der Waals surface area contributed by atoms with Crippen molar-refractivity contribution < 1.29 is 14.7 Å². The number of nitrogens with two attached hydrogens (primary N) is 1. The fraction of sp³-hybridized carbons (Fsp3) is 0.125. The number of carbonyl (C=O) groups is 2. The van der Waals surface area contributed by atoms with Crippen molar-refractivity contribution in [3.05, 3.63) is 65.2 Å². The fourth-order valence-corrected chi connectivity index (χ4v) is 2.04. The van der Waals surface area contributed by atoms with E-state index in [0.29, 0.717) is 24.1 Å². The molecule has 0 bridgehead atoms. The lowest BCUT2D eigenvalue weighted by Crippen LogP contribution is -2.11. The third-order valence-corrected chi connectivity index (χ3v) is 3.14. The van der Waals surface area contributed by atoms with E-state index in [9.17, 15) is 9.59 Å². The Labute approximate surface area is 122 Å². The first-order valence-electron chi connectivity index (χ1n) is 6.53. The van der Waals surface area contributed by atoms with E-state index in [1.165, 1.54) is 0 Å². The minimum absolute atomic E-state index is 0.323. The van der Waals surface area contributed by atoms with Crippen LogP contribution in [-0.2, 0) is 6.42 Å². The van der Waals surface area contributed by atoms with Gasteiger partial charge in [-0.2, -0.15) is 0 Å². The number of nitrogens with one attached hydrogen (secondary N) is 1. The highest BCUT2D eigenvalue weighted by molar-refractivity contribution is 5.93. The molecule has 0 atom stereocenters. The molecule has 108 valence electrons. The summed E-state index contributed by atoms with van der Waals surface area (Å²) in [7, 11) is 0. The quantitative estimate of drug-likeness (QED) is 0.757. The number of carboxylic acid groups (broad SMARTS) is 1. The molecule has 0 fully saturated rings. The van der Waals surface area contributed by atoms with E-state index in [1.807, 2.05) is 6.07 Å². The van der Waals surface area contributed by atoms with Crippen molar-refractivity contribution in [2.45, 2.75) is 6.42 Å². The second kappa shape index (κ2) is 6.56. The average molecular weight is 284 g/mol. The number of anilines is 1. The molecular formula is C16H16N2O3. The molecule has 0 aliphatic rings. The molecule has 0 heterocycles. The molecule has 0 saturated carbocycles. The Hall–Kier alpha value is -2.82. The number of carbonyl (C=O) groups excluding carboxylic acids is 1. The zero-order valence-corrected chi connectivity index (χ0v) is 11.4. The van der Waals surface area contributed by atoms with Gasteiger partial charge in [-0.05, 0) is 42.3 Å². The van der Waals surface area contributed by atoms with Crippen LogP contribution >= 0.6 is 0 Å². The zero-order chi connectivity index (χ0) is 15.2. The molecular weight excluding hydrogens is 268 g/mol. The number of hydrogen-bond acceptors (Lipinski definition) is 3. The van der Waals surface area contributed by atoms with Crippen molar-refractivity contribution in [1.82, 2.24) is 0 Å². The summed E-state index contributed by atoms with van der Waals surface area (Å²) in [5.74, 6) is -1.38. The van der Waals surface area contributed by atoms with E-state index < -0.39 is 11.9 Å². The Morgan fingerprint density at radius 3 is 2.33 bits per heavy atom. The second-order valence-electron chi connectivity index (χ2n) is 4.58. The smallest absolute Gasteiger partial charge is 0.335 e. The maximum Gasteiger partial charge on any atom is 0.335 e. The van der Waals surface area contributed by atoms with Gasteiger partial charge in [0.2, 0.25) is 5.91 Å². The number of carboxylic acids is 1. The Morgan fingerprint density at radius 1 is 1.05 bits per heavy atom. The monoisotopic (exact) mass is 284 g/mol. The van der Waals surface area contributed by atoms with E-state index in [2.05, 4.69) is 5.32 Å². The SMILES string of the molecule is NC(=O)c1ccc(NCCc2ccccc2C(=O)O)cc1. The molecule has 0 radical (unpaired) electrons. The first-order valence-corrected chi connectivity index (χ1v) is 6.53. The number of aromatic carboxylic acids is 1. The lowest BCUT2D eigenvalue weighted by Gasteiger charge is -2.09. The maximum atomic E-state index is 11.1. The van der Waals surface area contributed by atoms with Gasteiger partial charge in [0, 0.05) is 17.8 Å². The second-order valence-corrected chi connectivity index (χ2v) is 4.58. The van der Waals surface area contributed by atoms with E-state index in [-0.39, 0.29) is 0 Å². The summed E-state index contributed by atoms with van der Waals surface area (Å²) in [4.78, 5) is 22.1. The van der Waals surface area contributed by atoms with Crippen molar-refractivity contribution in [3.63, 3.8) is 0 Å². The predicted octanol–water partition coefficient (Wildman–Crippen LogP) is 2.14. The van der Waals surface area contributed by atoms with Gasteiger partial charge in [0.05, 0.1) is 5.56 Å². The van der Waals surface area contributed by atoms with Crippen LogP contribution < -0.4 is 11.1 Å². The fourth-order valence-electron chi connectivity index (χ4n) is 2.04. The molecule has 0 saturated heterocycles. The van der Waals surface area contributed by atoms with Crippen LogP contribution in [0.4, 0.5) is 5.69 Å². The van der Waals surface area contributed by atoms with Gasteiger partial charge in [-0.1, -0.05) is 18.2 Å². The maximum absolute atomic E-state index is 11.1. The highest BCUT2D eigenvalue weighted by atomic mass is 16.4. The molecule has 5 heteroatoms. The Kier molecular flexibility index (Phi) is 4.56. The third kappa shape index (κ3) is 3.82. The summed E-state index contributed by atoms with van der Waals surface area (Å²) in [6.07, 6.45) is 0.597. The lowest BCUT2D eigenvalue weighted by atomic mass is 10.0. The third-order valence-electron chi connectivity index (χ3n) is 3.14. The predicted molar refractivity (Wildman–Crippen MR) is 80.6 cm³/mol. The van der Waals surface area contributed by atoms with Crippen LogP contribution in [0.15, 0.2) is 48.5 Å². The molecule has 2 rings (SSSR count). The molecule has 1 amide bonds. The van der Waals surface area contributed by atoms with E-state index in [1.54, 1.807) is 42.5 Å². The van der Waals surface area contributed by atoms with Crippen molar-refractivity contribution in [2.75, 3.05) is 11.9 Å². The Bertz CT molecular complexity index is 651. The van der Waals surface area contributed by atoms with E-state index in [4.69, 9.17) is 10.8 Å². The number of hydrogen-bond donors (Lipinski definition) is 3. The van der Waals surface area contributed by atoms with Crippen molar-refractivity contribution >= 4 is 17.6 Å². The van der Waals surface area contributed by atoms with Crippen LogP contribution in [0.3, 0.4) is 0 Å². The summed E-state index contributed by atoms with van der Waals surface area (Å²) in [5.41, 5.74) is 7.59. The number of amides is 1. The summed E-state index contributed by atoms with van der Waals surface area (Å²) in [6.45, 7) is 0.597. The minimum atomic E-state index is -0.920. The van der Waals surface area contributed by atoms with Crippen molar-refractivity contribution in [2.24, 2.45) is 5.73 Å². The summed E-state index contributed by atoms with van der Waals surface area (Å²) >= 11 is 0. The largest absolute Gasteiger partial charge is 0.478 e. The molecule has 4 N–H and O–H groups in total. The molecule has 0 aliphatic carbocycles. The molecule has 0 spiro atoms. The molecule has 5 nitrogen and oxygen atoms in total. The molecule has 0 aliphatic heterocycles. The van der Waals surface area contributed by atoms with Gasteiger partial charge >= 0.3 is 5.97 Å². The van der Waals surface area contributed by atoms with Crippen LogP contribution in [0.1, 0.15) is 26.3 Å². The van der Waals surface area contributed by atoms with Crippen LogP contribution in [0, 0.1) is 0 Å². The normalized spacial score (nSPS) is 10.1. The standard InChI is InChI=1S/C16H16N2O3/c17-15(19)12-5-7-13(8-6-12)18-10-9-11-3-1-2-4-14(11)16(20)21/h1-8,18H,9-10H2,(H2,17,19)(H,20,21). The van der Waals surface area contributed by atoms with Crippen LogP contribution in [-0.4, -0.2) is 23.5 Å². The highest BCUT2D eigenvalue weighted by Crippen LogP contribution is 2.12. The number of primary amides is 1. The van der Waals surface area contributed by atoms with Gasteiger partial charge in [-0.25, -0.2) is 4.79 Å². The summed E-state index contributed by atoms with van der Waals surface area (Å²) in [6, 6.07) is 13.8. The van der Waals surface area contributed by atoms with Gasteiger partial charge in [-0.3, -0.25) is 4.79 Å². The van der Waals surface area contributed by atoms with Gasteiger partial charge in [0.1, 0.15) is 0 Å². The highest BCUT2D eigenvalue weighted by Gasteiger charge is 2.08. The van der Waals surface area contributed by atoms with Crippen molar-refractivity contribution in [3.8, 4) is 0 Å². The van der Waals surface area contributed by atoms with Gasteiger partial charge < -0.3 is 16.2 Å². The van der Waals surface area contributed by atoms with E-state index >= 15 is 0 Å².